The van der Waals surface area contributed by atoms with E-state index in [1.54, 1.807) is 0 Å². The molecule has 1 amide bonds. The fourth-order valence-electron chi connectivity index (χ4n) is 2.37. The van der Waals surface area contributed by atoms with Gasteiger partial charge in [0.1, 0.15) is 0 Å². The Labute approximate surface area is 120 Å². The molecule has 1 N–H and O–H groups in total. The highest BCUT2D eigenvalue weighted by Crippen LogP contribution is 2.13. The van der Waals surface area contributed by atoms with E-state index in [1.807, 2.05) is 19.2 Å². The predicted molar refractivity (Wildman–Crippen MR) is 81.6 cm³/mol. The van der Waals surface area contributed by atoms with Crippen molar-refractivity contribution < 1.29 is 4.79 Å². The number of nitrogens with zero attached hydrogens (tertiary/aromatic N) is 1. The predicted octanol–water partition coefficient (Wildman–Crippen LogP) is 2.81. The van der Waals surface area contributed by atoms with Gasteiger partial charge in [0.05, 0.1) is 6.42 Å². The van der Waals surface area contributed by atoms with Crippen LogP contribution in [0.2, 0.25) is 0 Å². The zero-order valence-corrected chi connectivity index (χ0v) is 12.7. The van der Waals surface area contributed by atoms with Gasteiger partial charge in [-0.3, -0.25) is 4.79 Å². The van der Waals surface area contributed by atoms with Gasteiger partial charge >= 0.3 is 0 Å². The molecule has 0 aliphatic carbocycles. The topological polar surface area (TPSA) is 34.0 Å². The molecule has 0 fully saturated rings. The number of hydrogen-bond donors (Lipinski definition) is 1. The van der Waals surface area contributed by atoms with Crippen molar-refractivity contribution in [2.75, 3.05) is 0 Å². The first kappa shape index (κ1) is 14.4. The van der Waals surface area contributed by atoms with Gasteiger partial charge in [-0.25, -0.2) is 0 Å². The largest absolute Gasteiger partial charge is 0.352 e. The van der Waals surface area contributed by atoms with Crippen LogP contribution in [0.3, 0.4) is 0 Å². The third kappa shape index (κ3) is 3.29. The van der Waals surface area contributed by atoms with E-state index in [1.165, 1.54) is 11.3 Å². The molecular formula is C17H22N2O. The van der Waals surface area contributed by atoms with Gasteiger partial charge in [0.15, 0.2) is 0 Å². The molecule has 0 spiro atoms. The maximum Gasteiger partial charge on any atom is 0.224 e. The van der Waals surface area contributed by atoms with Gasteiger partial charge in [-0.1, -0.05) is 29.8 Å². The lowest BCUT2D eigenvalue weighted by Crippen LogP contribution is -2.24. The average Bonchev–Trinajstić information content (AvgIpc) is 2.64. The monoisotopic (exact) mass is 270 g/mol. The lowest BCUT2D eigenvalue weighted by Gasteiger charge is -2.06. The molecule has 0 aliphatic rings. The van der Waals surface area contributed by atoms with Crippen molar-refractivity contribution in [3.8, 4) is 0 Å². The normalized spacial score (nSPS) is 10.6. The Kier molecular flexibility index (Phi) is 4.28. The van der Waals surface area contributed by atoms with Crippen molar-refractivity contribution in [2.45, 2.75) is 33.7 Å². The molecule has 1 aromatic carbocycles. The molecule has 1 heterocycles. The van der Waals surface area contributed by atoms with Gasteiger partial charge in [0, 0.05) is 25.0 Å². The van der Waals surface area contributed by atoms with Gasteiger partial charge in [0.2, 0.25) is 5.91 Å². The molecule has 0 atom stereocenters. The zero-order valence-electron chi connectivity index (χ0n) is 12.7. The fraction of sp³-hybridized carbons (Fsp3) is 0.353. The molecule has 20 heavy (non-hydrogen) atoms. The number of benzene rings is 1. The number of rotatable bonds is 4. The minimum absolute atomic E-state index is 0.0696. The minimum Gasteiger partial charge on any atom is -0.352 e. The summed E-state index contributed by atoms with van der Waals surface area (Å²) < 4.78 is 2.11. The van der Waals surface area contributed by atoms with Crippen molar-refractivity contribution in [3.05, 3.63) is 58.4 Å². The summed E-state index contributed by atoms with van der Waals surface area (Å²) in [4.78, 5) is 12.0. The van der Waals surface area contributed by atoms with E-state index in [0.29, 0.717) is 13.0 Å². The van der Waals surface area contributed by atoms with Crippen molar-refractivity contribution in [1.82, 2.24) is 9.88 Å². The molecule has 3 heteroatoms. The zero-order chi connectivity index (χ0) is 14.7. The van der Waals surface area contributed by atoms with Crippen LogP contribution < -0.4 is 5.32 Å². The summed E-state index contributed by atoms with van der Waals surface area (Å²) >= 11 is 0. The number of amides is 1. The Morgan fingerprint density at radius 2 is 1.95 bits per heavy atom. The van der Waals surface area contributed by atoms with Crippen molar-refractivity contribution in [1.29, 1.82) is 0 Å². The molecule has 0 radical (unpaired) electrons. The van der Waals surface area contributed by atoms with E-state index in [-0.39, 0.29) is 5.91 Å². The van der Waals surface area contributed by atoms with Gasteiger partial charge in [-0.15, -0.1) is 0 Å². The fourth-order valence-corrected chi connectivity index (χ4v) is 2.37. The van der Waals surface area contributed by atoms with Crippen LogP contribution in [0.4, 0.5) is 0 Å². The van der Waals surface area contributed by atoms with Crippen LogP contribution >= 0.6 is 0 Å². The SMILES string of the molecule is Cc1cccc(CNC(=O)Cc2cc(C)n(C)c2C)c1. The highest BCUT2D eigenvalue weighted by atomic mass is 16.1. The summed E-state index contributed by atoms with van der Waals surface area (Å²) in [6.07, 6.45) is 0.444. The highest BCUT2D eigenvalue weighted by Gasteiger charge is 2.10. The summed E-state index contributed by atoms with van der Waals surface area (Å²) in [5.74, 6) is 0.0696. The summed E-state index contributed by atoms with van der Waals surface area (Å²) in [5, 5.41) is 2.98. The van der Waals surface area contributed by atoms with E-state index in [9.17, 15) is 4.79 Å². The third-order valence-corrected chi connectivity index (χ3v) is 3.80. The molecule has 1 aromatic heterocycles. The quantitative estimate of drug-likeness (QED) is 0.910. The third-order valence-electron chi connectivity index (χ3n) is 3.80. The Hall–Kier alpha value is -2.03. The van der Waals surface area contributed by atoms with Crippen LogP contribution in [0.25, 0.3) is 0 Å². The molecule has 0 saturated carbocycles. The molecule has 0 saturated heterocycles. The van der Waals surface area contributed by atoms with Crippen LogP contribution in [0.5, 0.6) is 0 Å². The Morgan fingerprint density at radius 1 is 1.20 bits per heavy atom. The molecule has 2 rings (SSSR count). The first-order chi connectivity index (χ1) is 9.47. The molecule has 2 aromatic rings. The molecular weight excluding hydrogens is 248 g/mol. The van der Waals surface area contributed by atoms with Gasteiger partial charge in [0.25, 0.3) is 0 Å². The number of hydrogen-bond acceptors (Lipinski definition) is 1. The number of aryl methyl sites for hydroxylation is 2. The van der Waals surface area contributed by atoms with Crippen LogP contribution in [0.1, 0.15) is 28.1 Å². The van der Waals surface area contributed by atoms with Crippen LogP contribution in [0.15, 0.2) is 30.3 Å². The molecule has 3 nitrogen and oxygen atoms in total. The number of carbonyl (C=O) groups is 1. The Bertz CT molecular complexity index is 626. The summed E-state index contributed by atoms with van der Waals surface area (Å²) in [7, 11) is 2.03. The van der Waals surface area contributed by atoms with Crippen molar-refractivity contribution in [2.24, 2.45) is 7.05 Å². The molecule has 106 valence electrons. The molecule has 0 aliphatic heterocycles. The van der Waals surface area contributed by atoms with Crippen LogP contribution in [0, 0.1) is 20.8 Å². The van der Waals surface area contributed by atoms with Crippen LogP contribution in [-0.4, -0.2) is 10.5 Å². The Morgan fingerprint density at radius 3 is 2.55 bits per heavy atom. The van der Waals surface area contributed by atoms with Crippen molar-refractivity contribution in [3.63, 3.8) is 0 Å². The van der Waals surface area contributed by atoms with E-state index >= 15 is 0 Å². The molecule has 0 bridgehead atoms. The number of carbonyl (C=O) groups excluding carboxylic acids is 1. The second-order valence-corrected chi connectivity index (χ2v) is 5.40. The van der Waals surface area contributed by atoms with Gasteiger partial charge in [-0.05, 0) is 38.0 Å². The number of aromatic nitrogens is 1. The lowest BCUT2D eigenvalue weighted by atomic mass is 10.1. The van der Waals surface area contributed by atoms with Crippen LogP contribution in [-0.2, 0) is 24.8 Å². The summed E-state index contributed by atoms with van der Waals surface area (Å²) in [6, 6.07) is 10.3. The van der Waals surface area contributed by atoms with E-state index in [0.717, 1.165) is 16.8 Å². The lowest BCUT2D eigenvalue weighted by molar-refractivity contribution is -0.120. The van der Waals surface area contributed by atoms with E-state index in [2.05, 4.69) is 48.9 Å². The smallest absolute Gasteiger partial charge is 0.224 e. The van der Waals surface area contributed by atoms with Gasteiger partial charge < -0.3 is 9.88 Å². The second kappa shape index (κ2) is 5.95. The summed E-state index contributed by atoms with van der Waals surface area (Å²) in [5.41, 5.74) is 5.80. The summed E-state index contributed by atoms with van der Waals surface area (Å²) in [6.45, 7) is 6.75. The maximum atomic E-state index is 12.0. The first-order valence-corrected chi connectivity index (χ1v) is 6.91. The Balaban J connectivity index is 1.94. The van der Waals surface area contributed by atoms with Crippen molar-refractivity contribution >= 4 is 5.91 Å². The van der Waals surface area contributed by atoms with Gasteiger partial charge in [-0.2, -0.15) is 0 Å². The van der Waals surface area contributed by atoms with E-state index < -0.39 is 0 Å². The standard InChI is InChI=1S/C17H22N2O/c1-12-6-5-7-15(8-12)11-18-17(20)10-16-9-13(2)19(4)14(16)3/h5-9H,10-11H2,1-4H3,(H,18,20). The minimum atomic E-state index is 0.0696. The average molecular weight is 270 g/mol. The maximum absolute atomic E-state index is 12.0. The second-order valence-electron chi connectivity index (χ2n) is 5.40. The highest BCUT2D eigenvalue weighted by molar-refractivity contribution is 5.78. The number of nitrogens with one attached hydrogen (secondary N) is 1. The van der Waals surface area contributed by atoms with E-state index in [4.69, 9.17) is 0 Å². The molecule has 0 unspecified atom stereocenters. The first-order valence-electron chi connectivity index (χ1n) is 6.91.